The van der Waals surface area contributed by atoms with Crippen LogP contribution >= 0.6 is 12.4 Å². The van der Waals surface area contributed by atoms with Gasteiger partial charge in [0.05, 0.1) is 12.8 Å². The monoisotopic (exact) mass is 425 g/mol. The van der Waals surface area contributed by atoms with Crippen LogP contribution in [0.4, 0.5) is 5.69 Å². The van der Waals surface area contributed by atoms with E-state index in [1.807, 2.05) is 18.2 Å². The molecule has 0 radical (unpaired) electrons. The Hall–Kier alpha value is -2.33. The van der Waals surface area contributed by atoms with E-state index in [1.54, 1.807) is 0 Å². The number of anilines is 1. The first-order chi connectivity index (χ1) is 13.0. The topological polar surface area (TPSA) is 106 Å². The molecule has 0 atom stereocenters. The Morgan fingerprint density at radius 1 is 1.18 bits per heavy atom. The highest BCUT2D eigenvalue weighted by Gasteiger charge is 2.25. The van der Waals surface area contributed by atoms with Crippen LogP contribution in [-0.2, 0) is 34.5 Å². The van der Waals surface area contributed by atoms with Gasteiger partial charge >= 0.3 is 0 Å². The number of ether oxygens (including phenoxy) is 2. The summed E-state index contributed by atoms with van der Waals surface area (Å²) in [5.41, 5.74) is 3.67. The van der Waals surface area contributed by atoms with E-state index in [0.717, 1.165) is 18.7 Å². The zero-order valence-corrected chi connectivity index (χ0v) is 16.7. The second kappa shape index (κ2) is 7.96. The van der Waals surface area contributed by atoms with E-state index in [9.17, 15) is 13.2 Å². The Morgan fingerprint density at radius 3 is 2.75 bits per heavy atom. The molecule has 10 heteroatoms. The normalized spacial score (nSPS) is 15.0. The molecule has 0 saturated heterocycles. The van der Waals surface area contributed by atoms with Gasteiger partial charge in [-0.05, 0) is 16.7 Å². The Morgan fingerprint density at radius 2 is 1.96 bits per heavy atom. The number of benzene rings is 2. The van der Waals surface area contributed by atoms with Gasteiger partial charge in [0.2, 0.25) is 10.0 Å². The number of nitrogens with one attached hydrogen (secondary N) is 3. The van der Waals surface area contributed by atoms with Crippen molar-refractivity contribution in [3.63, 3.8) is 0 Å². The van der Waals surface area contributed by atoms with Gasteiger partial charge in [0, 0.05) is 31.8 Å². The maximum Gasteiger partial charge on any atom is 0.262 e. The summed E-state index contributed by atoms with van der Waals surface area (Å²) in [4.78, 5) is 11.4. The lowest BCUT2D eigenvalue weighted by Crippen LogP contribution is -2.27. The predicted octanol–water partition coefficient (Wildman–Crippen LogP) is 1.53. The van der Waals surface area contributed by atoms with Gasteiger partial charge in [-0.1, -0.05) is 18.2 Å². The summed E-state index contributed by atoms with van der Waals surface area (Å²) in [5.74, 6) is 0.119. The van der Waals surface area contributed by atoms with Crippen LogP contribution in [0, 0.1) is 0 Å². The van der Waals surface area contributed by atoms with Gasteiger partial charge < -0.3 is 20.1 Å². The molecule has 2 aromatic rings. The third-order valence-corrected chi connectivity index (χ3v) is 5.98. The van der Waals surface area contributed by atoms with E-state index in [-0.39, 0.29) is 42.1 Å². The fourth-order valence-electron chi connectivity index (χ4n) is 3.17. The Balaban J connectivity index is 0.00000225. The van der Waals surface area contributed by atoms with Crippen LogP contribution in [0.2, 0.25) is 0 Å². The van der Waals surface area contributed by atoms with Crippen LogP contribution in [-0.4, -0.2) is 28.0 Å². The van der Waals surface area contributed by atoms with E-state index in [2.05, 4.69) is 15.4 Å². The molecule has 0 unspecified atom stereocenters. The molecule has 0 aromatic heterocycles. The number of halogens is 1. The number of hydrogen-bond donors (Lipinski definition) is 3. The molecule has 1 amide bonds. The van der Waals surface area contributed by atoms with Crippen molar-refractivity contribution in [3.8, 4) is 11.5 Å². The highest BCUT2D eigenvalue weighted by atomic mass is 35.5. The minimum absolute atomic E-state index is 0. The van der Waals surface area contributed by atoms with E-state index in [1.165, 1.54) is 30.4 Å². The van der Waals surface area contributed by atoms with Crippen molar-refractivity contribution >= 4 is 34.0 Å². The summed E-state index contributed by atoms with van der Waals surface area (Å²) in [7, 11) is -2.47. The standard InChI is InChI=1S/C18H19N3O5S.ClH/c1-25-16-5-14-15(26-10-18(22)21-14)6-17(16)27(23,24)20-7-11-2-3-12-8-19-9-13(12)4-11;/h2-6,19-20H,7-10H2,1H3,(H,21,22);1H. The van der Waals surface area contributed by atoms with Crippen LogP contribution < -0.4 is 24.8 Å². The molecular weight excluding hydrogens is 406 g/mol. The first-order valence-electron chi connectivity index (χ1n) is 8.42. The second-order valence-corrected chi connectivity index (χ2v) is 8.10. The number of amides is 1. The summed E-state index contributed by atoms with van der Waals surface area (Å²) in [6.45, 7) is 1.63. The van der Waals surface area contributed by atoms with Crippen LogP contribution in [0.5, 0.6) is 11.5 Å². The van der Waals surface area contributed by atoms with E-state index in [0.29, 0.717) is 11.4 Å². The fourth-order valence-corrected chi connectivity index (χ4v) is 4.35. The molecule has 28 heavy (non-hydrogen) atoms. The van der Waals surface area contributed by atoms with Crippen molar-refractivity contribution in [2.45, 2.75) is 24.5 Å². The molecule has 0 aliphatic carbocycles. The van der Waals surface area contributed by atoms with Crippen molar-refractivity contribution in [2.75, 3.05) is 19.0 Å². The summed E-state index contributed by atoms with van der Waals surface area (Å²) < 4.78 is 38.8. The number of rotatable bonds is 5. The maximum absolute atomic E-state index is 12.8. The fraction of sp³-hybridized carbons (Fsp3) is 0.278. The van der Waals surface area contributed by atoms with E-state index >= 15 is 0 Å². The number of carbonyl (C=O) groups excluding carboxylic acids is 1. The first kappa shape index (κ1) is 20.4. The molecule has 2 heterocycles. The quantitative estimate of drug-likeness (QED) is 0.670. The van der Waals surface area contributed by atoms with Gasteiger partial charge in [-0.15, -0.1) is 12.4 Å². The first-order valence-corrected chi connectivity index (χ1v) is 9.90. The molecule has 2 aliphatic rings. The zero-order valence-electron chi connectivity index (χ0n) is 15.1. The molecule has 4 rings (SSSR count). The molecule has 0 spiro atoms. The van der Waals surface area contributed by atoms with Crippen molar-refractivity contribution in [3.05, 3.63) is 47.0 Å². The lowest BCUT2D eigenvalue weighted by molar-refractivity contribution is -0.118. The Labute approximate surface area is 169 Å². The molecule has 0 bridgehead atoms. The van der Waals surface area contributed by atoms with Crippen molar-refractivity contribution in [2.24, 2.45) is 0 Å². The van der Waals surface area contributed by atoms with Crippen molar-refractivity contribution in [1.82, 2.24) is 10.0 Å². The zero-order chi connectivity index (χ0) is 19.0. The van der Waals surface area contributed by atoms with Gasteiger partial charge in [-0.2, -0.15) is 0 Å². The number of hydrogen-bond acceptors (Lipinski definition) is 6. The van der Waals surface area contributed by atoms with Crippen molar-refractivity contribution in [1.29, 1.82) is 0 Å². The third-order valence-electron chi connectivity index (χ3n) is 4.56. The smallest absolute Gasteiger partial charge is 0.262 e. The lowest BCUT2D eigenvalue weighted by Gasteiger charge is -2.20. The summed E-state index contributed by atoms with van der Waals surface area (Å²) in [6, 6.07) is 8.73. The van der Waals surface area contributed by atoms with Gasteiger partial charge in [-0.25, -0.2) is 13.1 Å². The van der Waals surface area contributed by atoms with E-state index < -0.39 is 10.0 Å². The Bertz CT molecular complexity index is 1030. The summed E-state index contributed by atoms with van der Waals surface area (Å²) >= 11 is 0. The molecule has 0 fully saturated rings. The molecule has 2 aliphatic heterocycles. The van der Waals surface area contributed by atoms with Crippen LogP contribution in [0.3, 0.4) is 0 Å². The third kappa shape index (κ3) is 3.93. The molecule has 2 aromatic carbocycles. The summed E-state index contributed by atoms with van der Waals surface area (Å²) in [6.07, 6.45) is 0. The van der Waals surface area contributed by atoms with Gasteiger partial charge in [0.1, 0.15) is 16.4 Å². The van der Waals surface area contributed by atoms with Gasteiger partial charge in [0.25, 0.3) is 5.91 Å². The molecular formula is C18H20ClN3O5S. The molecule has 8 nitrogen and oxygen atoms in total. The maximum atomic E-state index is 12.8. The molecule has 3 N–H and O–H groups in total. The second-order valence-electron chi connectivity index (χ2n) is 6.37. The average Bonchev–Trinajstić information content (AvgIpc) is 3.13. The average molecular weight is 426 g/mol. The summed E-state index contributed by atoms with van der Waals surface area (Å²) in [5, 5.41) is 5.89. The number of sulfonamides is 1. The van der Waals surface area contributed by atoms with Crippen LogP contribution in [0.15, 0.2) is 35.2 Å². The molecule has 0 saturated carbocycles. The number of fused-ring (bicyclic) bond motifs is 2. The Kier molecular flexibility index (Phi) is 5.80. The molecule has 150 valence electrons. The number of methoxy groups -OCH3 is 1. The van der Waals surface area contributed by atoms with Crippen molar-refractivity contribution < 1.29 is 22.7 Å². The largest absolute Gasteiger partial charge is 0.495 e. The van der Waals surface area contributed by atoms with Gasteiger partial charge in [0.15, 0.2) is 6.61 Å². The highest BCUT2D eigenvalue weighted by Crippen LogP contribution is 2.37. The van der Waals surface area contributed by atoms with E-state index in [4.69, 9.17) is 9.47 Å². The predicted molar refractivity (Wildman–Crippen MR) is 105 cm³/mol. The lowest BCUT2D eigenvalue weighted by atomic mass is 10.1. The van der Waals surface area contributed by atoms with Crippen LogP contribution in [0.25, 0.3) is 0 Å². The van der Waals surface area contributed by atoms with Crippen LogP contribution in [0.1, 0.15) is 16.7 Å². The highest BCUT2D eigenvalue weighted by molar-refractivity contribution is 7.89. The minimum atomic E-state index is -3.85. The number of carbonyl (C=O) groups is 1. The minimum Gasteiger partial charge on any atom is -0.495 e. The van der Waals surface area contributed by atoms with Gasteiger partial charge in [-0.3, -0.25) is 4.79 Å². The SMILES string of the molecule is COc1cc2c(cc1S(=O)(=O)NCc1ccc3c(c1)CNC3)OCC(=O)N2.Cl.